The fourth-order valence-electron chi connectivity index (χ4n) is 1.70. The quantitative estimate of drug-likeness (QED) is 0.630. The maximum absolute atomic E-state index is 11.1. The van der Waals surface area contributed by atoms with Gasteiger partial charge in [-0.05, 0) is 19.1 Å². The maximum atomic E-state index is 11.1. The van der Waals surface area contributed by atoms with Gasteiger partial charge in [0, 0.05) is 5.56 Å². The van der Waals surface area contributed by atoms with Gasteiger partial charge >= 0.3 is 0 Å². The molecule has 0 amide bonds. The molecule has 0 aliphatic heterocycles. The fourth-order valence-corrected chi connectivity index (χ4v) is 1.88. The molecular weight excluding hydrogens is 252 g/mol. The van der Waals surface area contributed by atoms with E-state index in [0.29, 0.717) is 17.7 Å². The Balaban J connectivity index is 2.72. The zero-order chi connectivity index (χ0) is 13.1. The van der Waals surface area contributed by atoms with E-state index in [2.05, 4.69) is 9.97 Å². The van der Waals surface area contributed by atoms with Gasteiger partial charge in [-0.15, -0.1) is 0 Å². The van der Waals surface area contributed by atoms with Crippen LogP contribution in [0.4, 0.5) is 0 Å². The van der Waals surface area contributed by atoms with Crippen molar-refractivity contribution in [3.63, 3.8) is 0 Å². The standard InChI is InChI=1S/C13H11ClN2O2/c1-8-3-4-11(18-2)9(5-8)12-10(6-17)13(14)16-7-15-12/h3-7H,1-2H3. The lowest BCUT2D eigenvalue weighted by Gasteiger charge is -2.10. The first kappa shape index (κ1) is 12.5. The van der Waals surface area contributed by atoms with Crippen LogP contribution in [0, 0.1) is 6.92 Å². The Hall–Kier alpha value is -1.94. The van der Waals surface area contributed by atoms with Crippen molar-refractivity contribution in [3.8, 4) is 17.0 Å². The molecule has 1 aromatic carbocycles. The highest BCUT2D eigenvalue weighted by atomic mass is 35.5. The molecule has 0 radical (unpaired) electrons. The van der Waals surface area contributed by atoms with Gasteiger partial charge in [-0.3, -0.25) is 4.79 Å². The van der Waals surface area contributed by atoms with Crippen molar-refractivity contribution in [1.82, 2.24) is 9.97 Å². The lowest BCUT2D eigenvalue weighted by atomic mass is 10.0. The first-order chi connectivity index (χ1) is 8.67. The number of rotatable bonds is 3. The van der Waals surface area contributed by atoms with Gasteiger partial charge in [0.1, 0.15) is 17.2 Å². The van der Waals surface area contributed by atoms with Crippen LogP contribution < -0.4 is 4.74 Å². The molecule has 0 saturated carbocycles. The molecule has 0 spiro atoms. The van der Waals surface area contributed by atoms with Crippen LogP contribution in [-0.2, 0) is 0 Å². The minimum atomic E-state index is 0.138. The molecule has 1 heterocycles. The molecule has 2 rings (SSSR count). The second-order valence-electron chi connectivity index (χ2n) is 3.75. The molecule has 0 fully saturated rings. The highest BCUT2D eigenvalue weighted by Gasteiger charge is 2.15. The molecule has 92 valence electrons. The van der Waals surface area contributed by atoms with Crippen molar-refractivity contribution in [2.75, 3.05) is 7.11 Å². The molecule has 1 aromatic heterocycles. The molecule has 0 aliphatic carbocycles. The Morgan fingerprint density at radius 2 is 2.11 bits per heavy atom. The predicted octanol–water partition coefficient (Wildman–Crippen LogP) is 2.93. The Morgan fingerprint density at radius 1 is 1.33 bits per heavy atom. The van der Waals surface area contributed by atoms with E-state index in [4.69, 9.17) is 16.3 Å². The van der Waals surface area contributed by atoms with Crippen molar-refractivity contribution in [2.24, 2.45) is 0 Å². The van der Waals surface area contributed by atoms with Crippen molar-refractivity contribution in [3.05, 3.63) is 40.8 Å². The number of carbonyl (C=O) groups is 1. The van der Waals surface area contributed by atoms with Gasteiger partial charge in [-0.25, -0.2) is 9.97 Å². The lowest BCUT2D eigenvalue weighted by molar-refractivity contribution is 0.112. The van der Waals surface area contributed by atoms with E-state index in [9.17, 15) is 4.79 Å². The summed E-state index contributed by atoms with van der Waals surface area (Å²) < 4.78 is 5.27. The van der Waals surface area contributed by atoms with Crippen LogP contribution in [0.25, 0.3) is 11.3 Å². The summed E-state index contributed by atoms with van der Waals surface area (Å²) in [7, 11) is 1.57. The highest BCUT2D eigenvalue weighted by Crippen LogP contribution is 2.32. The van der Waals surface area contributed by atoms with E-state index in [1.807, 2.05) is 25.1 Å². The summed E-state index contributed by atoms with van der Waals surface area (Å²) in [6.45, 7) is 1.95. The molecule has 0 unspecified atom stereocenters. The first-order valence-electron chi connectivity index (χ1n) is 5.28. The number of aldehydes is 1. The first-order valence-corrected chi connectivity index (χ1v) is 5.66. The van der Waals surface area contributed by atoms with Crippen molar-refractivity contribution >= 4 is 17.9 Å². The number of methoxy groups -OCH3 is 1. The van der Waals surface area contributed by atoms with E-state index >= 15 is 0 Å². The predicted molar refractivity (Wildman–Crippen MR) is 69.2 cm³/mol. The zero-order valence-corrected chi connectivity index (χ0v) is 10.7. The van der Waals surface area contributed by atoms with Gasteiger partial charge in [-0.2, -0.15) is 0 Å². The van der Waals surface area contributed by atoms with E-state index in [0.717, 1.165) is 11.1 Å². The summed E-state index contributed by atoms with van der Waals surface area (Å²) in [6.07, 6.45) is 1.98. The molecular formula is C13H11ClN2O2. The number of halogens is 1. The second-order valence-corrected chi connectivity index (χ2v) is 4.11. The number of aromatic nitrogens is 2. The summed E-state index contributed by atoms with van der Waals surface area (Å²) >= 11 is 5.89. The van der Waals surface area contributed by atoms with E-state index in [1.165, 1.54) is 6.33 Å². The maximum Gasteiger partial charge on any atom is 0.155 e. The van der Waals surface area contributed by atoms with Crippen LogP contribution in [-0.4, -0.2) is 23.4 Å². The van der Waals surface area contributed by atoms with Gasteiger partial charge in [0.05, 0.1) is 18.4 Å². The molecule has 0 saturated heterocycles. The van der Waals surface area contributed by atoms with Crippen LogP contribution in [0.1, 0.15) is 15.9 Å². The Kier molecular flexibility index (Phi) is 3.58. The van der Waals surface area contributed by atoms with Crippen molar-refractivity contribution < 1.29 is 9.53 Å². The zero-order valence-electron chi connectivity index (χ0n) is 9.98. The van der Waals surface area contributed by atoms with Crippen LogP contribution in [0.5, 0.6) is 5.75 Å². The number of nitrogens with zero attached hydrogens (tertiary/aromatic N) is 2. The smallest absolute Gasteiger partial charge is 0.155 e. The minimum Gasteiger partial charge on any atom is -0.496 e. The topological polar surface area (TPSA) is 52.1 Å². The molecule has 0 N–H and O–H groups in total. The van der Waals surface area contributed by atoms with E-state index in [1.54, 1.807) is 7.11 Å². The van der Waals surface area contributed by atoms with Crippen LogP contribution in [0.3, 0.4) is 0 Å². The largest absolute Gasteiger partial charge is 0.496 e. The Bertz CT molecular complexity index is 600. The summed E-state index contributed by atoms with van der Waals surface area (Å²) in [5.74, 6) is 0.637. The molecule has 5 heteroatoms. The third kappa shape index (κ3) is 2.19. The molecule has 0 atom stereocenters. The van der Waals surface area contributed by atoms with Gasteiger partial charge in [0.25, 0.3) is 0 Å². The van der Waals surface area contributed by atoms with Gasteiger partial charge in [0.2, 0.25) is 0 Å². The van der Waals surface area contributed by atoms with E-state index < -0.39 is 0 Å². The van der Waals surface area contributed by atoms with Crippen molar-refractivity contribution in [2.45, 2.75) is 6.92 Å². The average Bonchev–Trinajstić information content (AvgIpc) is 2.38. The second kappa shape index (κ2) is 5.14. The van der Waals surface area contributed by atoms with Crippen LogP contribution in [0.15, 0.2) is 24.5 Å². The number of hydrogen-bond donors (Lipinski definition) is 0. The SMILES string of the molecule is COc1ccc(C)cc1-c1ncnc(Cl)c1C=O. The Labute approximate surface area is 110 Å². The van der Waals surface area contributed by atoms with Gasteiger partial charge < -0.3 is 4.74 Å². The van der Waals surface area contributed by atoms with Gasteiger partial charge in [-0.1, -0.05) is 23.2 Å². The highest BCUT2D eigenvalue weighted by molar-refractivity contribution is 6.32. The average molecular weight is 263 g/mol. The third-order valence-electron chi connectivity index (χ3n) is 2.56. The monoisotopic (exact) mass is 262 g/mol. The van der Waals surface area contributed by atoms with Crippen LogP contribution in [0.2, 0.25) is 5.15 Å². The molecule has 2 aromatic rings. The normalized spacial score (nSPS) is 10.2. The van der Waals surface area contributed by atoms with Crippen LogP contribution >= 0.6 is 11.6 Å². The lowest BCUT2D eigenvalue weighted by Crippen LogP contribution is -1.98. The number of benzene rings is 1. The summed E-state index contributed by atoms with van der Waals surface area (Å²) in [5.41, 5.74) is 2.51. The fraction of sp³-hybridized carbons (Fsp3) is 0.154. The number of aryl methyl sites for hydroxylation is 1. The number of ether oxygens (including phenoxy) is 1. The minimum absolute atomic E-state index is 0.138. The van der Waals surface area contributed by atoms with E-state index in [-0.39, 0.29) is 10.7 Å². The molecule has 4 nitrogen and oxygen atoms in total. The van der Waals surface area contributed by atoms with Gasteiger partial charge in [0.15, 0.2) is 6.29 Å². The Morgan fingerprint density at radius 3 is 2.78 bits per heavy atom. The molecule has 0 aliphatic rings. The number of carbonyl (C=O) groups excluding carboxylic acids is 1. The summed E-state index contributed by atoms with van der Waals surface area (Å²) in [5, 5.41) is 0.138. The molecule has 0 bridgehead atoms. The summed E-state index contributed by atoms with van der Waals surface area (Å²) in [4.78, 5) is 19.0. The number of hydrogen-bond acceptors (Lipinski definition) is 4. The third-order valence-corrected chi connectivity index (χ3v) is 2.86. The van der Waals surface area contributed by atoms with Crippen molar-refractivity contribution in [1.29, 1.82) is 0 Å². The molecule has 18 heavy (non-hydrogen) atoms. The summed E-state index contributed by atoms with van der Waals surface area (Å²) in [6, 6.07) is 5.64.